The fourth-order valence-corrected chi connectivity index (χ4v) is 1.47. The van der Waals surface area contributed by atoms with Gasteiger partial charge in [-0.1, -0.05) is 17.7 Å². The Morgan fingerprint density at radius 1 is 1.29 bits per heavy atom. The zero-order chi connectivity index (χ0) is 9.97. The molecule has 2 rings (SSSR count). The molecule has 14 heavy (non-hydrogen) atoms. The van der Waals surface area contributed by atoms with Crippen LogP contribution in [0.3, 0.4) is 0 Å². The van der Waals surface area contributed by atoms with Crippen molar-refractivity contribution in [2.45, 2.75) is 13.3 Å². The summed E-state index contributed by atoms with van der Waals surface area (Å²) in [5.41, 5.74) is 3.03. The van der Waals surface area contributed by atoms with Crippen molar-refractivity contribution in [1.82, 2.24) is 4.98 Å². The van der Waals surface area contributed by atoms with E-state index in [1.165, 1.54) is 5.56 Å². The predicted octanol–water partition coefficient (Wildman–Crippen LogP) is 2.61. The number of hydrogen-bond acceptors (Lipinski definition) is 2. The molecule has 1 aromatic heterocycles. The summed E-state index contributed by atoms with van der Waals surface area (Å²) in [6.07, 6.45) is 0.379. The van der Waals surface area contributed by atoms with Crippen LogP contribution in [0.5, 0.6) is 0 Å². The number of rotatable bonds is 1. The minimum Gasteiger partial charge on any atom is -0.252 e. The molecule has 0 spiro atoms. The monoisotopic (exact) mass is 182 g/mol. The molecule has 1 heterocycles. The number of hydrogen-bond donors (Lipinski definition) is 0. The van der Waals surface area contributed by atoms with Crippen molar-refractivity contribution in [2.75, 3.05) is 0 Å². The Kier molecular flexibility index (Phi) is 2.16. The van der Waals surface area contributed by atoms with Gasteiger partial charge in [0.2, 0.25) is 0 Å². The van der Waals surface area contributed by atoms with Gasteiger partial charge >= 0.3 is 0 Å². The average Bonchev–Trinajstić information content (AvgIpc) is 2.19. The third kappa shape index (κ3) is 1.57. The van der Waals surface area contributed by atoms with Crippen LogP contribution in [0.25, 0.3) is 10.9 Å². The average molecular weight is 182 g/mol. The highest BCUT2D eigenvalue weighted by atomic mass is 14.7. The lowest BCUT2D eigenvalue weighted by molar-refractivity contribution is 1.15. The molecular formula is C12H10N2. The summed E-state index contributed by atoms with van der Waals surface area (Å²) in [6.45, 7) is 2.06. The molecule has 2 aromatic rings. The molecule has 0 aliphatic rings. The quantitative estimate of drug-likeness (QED) is 0.679. The van der Waals surface area contributed by atoms with Crippen LogP contribution in [0.15, 0.2) is 30.3 Å². The summed E-state index contributed by atoms with van der Waals surface area (Å²) in [5.74, 6) is 0. The zero-order valence-corrected chi connectivity index (χ0v) is 7.99. The van der Waals surface area contributed by atoms with Crippen molar-refractivity contribution in [3.8, 4) is 6.07 Å². The van der Waals surface area contributed by atoms with E-state index in [2.05, 4.69) is 24.0 Å². The predicted molar refractivity (Wildman–Crippen MR) is 55.8 cm³/mol. The number of aryl methyl sites for hydroxylation is 1. The maximum atomic E-state index is 8.55. The Morgan fingerprint density at radius 2 is 2.14 bits per heavy atom. The van der Waals surface area contributed by atoms with E-state index >= 15 is 0 Å². The van der Waals surface area contributed by atoms with Gasteiger partial charge in [0.15, 0.2) is 0 Å². The molecule has 0 bridgehead atoms. The lowest BCUT2D eigenvalue weighted by atomic mass is 10.1. The third-order valence-corrected chi connectivity index (χ3v) is 2.16. The van der Waals surface area contributed by atoms with E-state index in [-0.39, 0.29) is 0 Å². The number of benzene rings is 1. The van der Waals surface area contributed by atoms with E-state index in [9.17, 15) is 0 Å². The summed E-state index contributed by atoms with van der Waals surface area (Å²) in [5, 5.41) is 9.68. The van der Waals surface area contributed by atoms with Crippen LogP contribution in [-0.2, 0) is 6.42 Å². The molecule has 0 N–H and O–H groups in total. The molecule has 0 amide bonds. The Morgan fingerprint density at radius 3 is 2.93 bits per heavy atom. The van der Waals surface area contributed by atoms with Crippen molar-refractivity contribution in [2.24, 2.45) is 0 Å². The largest absolute Gasteiger partial charge is 0.252 e. The molecule has 0 unspecified atom stereocenters. The molecule has 0 fully saturated rings. The highest BCUT2D eigenvalue weighted by molar-refractivity contribution is 5.79. The molecule has 0 radical (unpaired) electrons. The molecule has 0 atom stereocenters. The van der Waals surface area contributed by atoms with Crippen molar-refractivity contribution >= 4 is 10.9 Å². The van der Waals surface area contributed by atoms with Crippen molar-refractivity contribution in [3.05, 3.63) is 41.6 Å². The Balaban J connectivity index is 2.57. The van der Waals surface area contributed by atoms with Gasteiger partial charge in [0.1, 0.15) is 0 Å². The highest BCUT2D eigenvalue weighted by Gasteiger charge is 1.97. The Hall–Kier alpha value is -1.88. The van der Waals surface area contributed by atoms with E-state index < -0.39 is 0 Å². The summed E-state index contributed by atoms with van der Waals surface area (Å²) < 4.78 is 0. The molecule has 2 heteroatoms. The number of aromatic nitrogens is 1. The Bertz CT molecular complexity index is 509. The second kappa shape index (κ2) is 3.47. The first-order valence-electron chi connectivity index (χ1n) is 4.53. The fourth-order valence-electron chi connectivity index (χ4n) is 1.47. The van der Waals surface area contributed by atoms with Gasteiger partial charge in [0.05, 0.1) is 23.7 Å². The standard InChI is InChI=1S/C12H10N2/c1-9-2-5-12-10(8-9)3-4-11(14-12)6-7-13/h2-5,8H,6H2,1H3. The molecule has 2 nitrogen and oxygen atoms in total. The molecule has 0 aliphatic carbocycles. The minimum atomic E-state index is 0.379. The highest BCUT2D eigenvalue weighted by Crippen LogP contribution is 2.14. The van der Waals surface area contributed by atoms with Crippen molar-refractivity contribution < 1.29 is 0 Å². The number of pyridine rings is 1. The second-order valence-corrected chi connectivity index (χ2v) is 3.33. The molecule has 68 valence electrons. The van der Waals surface area contributed by atoms with Gasteiger partial charge in [-0.3, -0.25) is 4.98 Å². The molecule has 0 saturated carbocycles. The molecule has 0 aliphatic heterocycles. The number of fused-ring (bicyclic) bond motifs is 1. The maximum Gasteiger partial charge on any atom is 0.0774 e. The lowest BCUT2D eigenvalue weighted by Crippen LogP contribution is -1.88. The lowest BCUT2D eigenvalue weighted by Gasteiger charge is -2.00. The van der Waals surface area contributed by atoms with Crippen LogP contribution in [0.4, 0.5) is 0 Å². The second-order valence-electron chi connectivity index (χ2n) is 3.33. The number of nitriles is 1. The first kappa shape index (κ1) is 8.71. The zero-order valence-electron chi connectivity index (χ0n) is 7.99. The fraction of sp³-hybridized carbons (Fsp3) is 0.167. The maximum absolute atomic E-state index is 8.55. The van der Waals surface area contributed by atoms with E-state index in [0.29, 0.717) is 6.42 Å². The van der Waals surface area contributed by atoms with Crippen LogP contribution >= 0.6 is 0 Å². The van der Waals surface area contributed by atoms with Gasteiger partial charge in [0.25, 0.3) is 0 Å². The summed E-state index contributed by atoms with van der Waals surface area (Å²) in [7, 11) is 0. The topological polar surface area (TPSA) is 36.7 Å². The SMILES string of the molecule is Cc1ccc2nc(CC#N)ccc2c1. The van der Waals surface area contributed by atoms with Gasteiger partial charge in [0, 0.05) is 5.39 Å². The molecular weight excluding hydrogens is 172 g/mol. The van der Waals surface area contributed by atoms with Gasteiger partial charge in [-0.15, -0.1) is 0 Å². The minimum absolute atomic E-state index is 0.379. The van der Waals surface area contributed by atoms with Crippen LogP contribution in [0, 0.1) is 18.3 Å². The van der Waals surface area contributed by atoms with Gasteiger partial charge in [-0.25, -0.2) is 0 Å². The van der Waals surface area contributed by atoms with E-state index in [1.54, 1.807) is 0 Å². The smallest absolute Gasteiger partial charge is 0.0774 e. The van der Waals surface area contributed by atoms with Gasteiger partial charge < -0.3 is 0 Å². The first-order valence-corrected chi connectivity index (χ1v) is 4.53. The Labute approximate surface area is 82.8 Å². The third-order valence-electron chi connectivity index (χ3n) is 2.16. The van der Waals surface area contributed by atoms with Crippen molar-refractivity contribution in [1.29, 1.82) is 5.26 Å². The summed E-state index contributed by atoms with van der Waals surface area (Å²) in [6, 6.07) is 12.1. The van der Waals surface area contributed by atoms with E-state index in [4.69, 9.17) is 5.26 Å². The summed E-state index contributed by atoms with van der Waals surface area (Å²) in [4.78, 5) is 4.38. The first-order chi connectivity index (χ1) is 6.79. The van der Waals surface area contributed by atoms with Gasteiger partial charge in [-0.2, -0.15) is 5.26 Å². The van der Waals surface area contributed by atoms with Crippen LogP contribution in [-0.4, -0.2) is 4.98 Å². The van der Waals surface area contributed by atoms with Gasteiger partial charge in [-0.05, 0) is 25.1 Å². The molecule has 1 aromatic carbocycles. The van der Waals surface area contributed by atoms with E-state index in [0.717, 1.165) is 16.6 Å². The normalized spacial score (nSPS) is 10.0. The van der Waals surface area contributed by atoms with Crippen LogP contribution in [0.2, 0.25) is 0 Å². The summed E-state index contributed by atoms with van der Waals surface area (Å²) >= 11 is 0. The van der Waals surface area contributed by atoms with Crippen LogP contribution < -0.4 is 0 Å². The van der Waals surface area contributed by atoms with Crippen LogP contribution in [0.1, 0.15) is 11.3 Å². The van der Waals surface area contributed by atoms with E-state index in [1.807, 2.05) is 24.3 Å². The number of nitrogens with zero attached hydrogens (tertiary/aromatic N) is 2. The molecule has 0 saturated heterocycles. The van der Waals surface area contributed by atoms with Crippen molar-refractivity contribution in [3.63, 3.8) is 0 Å².